The zero-order valence-electron chi connectivity index (χ0n) is 9.16. The summed E-state index contributed by atoms with van der Waals surface area (Å²) in [5.41, 5.74) is 5.24. The highest BCUT2D eigenvalue weighted by atomic mass is 16.6. The summed E-state index contributed by atoms with van der Waals surface area (Å²) < 4.78 is 5.24. The number of esters is 1. The van der Waals surface area contributed by atoms with Gasteiger partial charge in [-0.2, -0.15) is 0 Å². The zero-order valence-corrected chi connectivity index (χ0v) is 9.16. The van der Waals surface area contributed by atoms with E-state index in [-0.39, 0.29) is 17.4 Å². The third kappa shape index (κ3) is 1.52. The lowest BCUT2D eigenvalue weighted by molar-refractivity contribution is -0.146. The molecule has 2 aliphatic rings. The van der Waals surface area contributed by atoms with E-state index in [1.54, 1.807) is 0 Å². The molecule has 1 aliphatic heterocycles. The number of primary amides is 1. The number of carbonyl (C=O) groups is 2. The van der Waals surface area contributed by atoms with Crippen molar-refractivity contribution in [2.24, 2.45) is 23.0 Å². The Labute approximate surface area is 89.2 Å². The molecule has 2 N–H and O–H groups in total. The number of ether oxygens (including phenoxy) is 1. The average Bonchev–Trinajstić information content (AvgIpc) is 2.42. The maximum absolute atomic E-state index is 11.5. The van der Waals surface area contributed by atoms with Crippen LogP contribution in [0.4, 0.5) is 0 Å². The molecule has 1 aliphatic carbocycles. The fourth-order valence-corrected chi connectivity index (χ4v) is 3.07. The van der Waals surface area contributed by atoms with Gasteiger partial charge in [-0.25, -0.2) is 0 Å². The molecule has 2 rings (SSSR count). The topological polar surface area (TPSA) is 69.4 Å². The van der Waals surface area contributed by atoms with Crippen molar-refractivity contribution in [2.45, 2.75) is 39.2 Å². The SMILES string of the molecule is CC1(C)CCCC2OC(=O)C(C(N)=O)C21. The molecule has 0 bridgehead atoms. The van der Waals surface area contributed by atoms with Crippen LogP contribution in [0.2, 0.25) is 0 Å². The molecule has 1 saturated carbocycles. The number of amides is 1. The summed E-state index contributed by atoms with van der Waals surface area (Å²) in [6.45, 7) is 4.17. The van der Waals surface area contributed by atoms with Crippen molar-refractivity contribution >= 4 is 11.9 Å². The van der Waals surface area contributed by atoms with Crippen LogP contribution in [-0.4, -0.2) is 18.0 Å². The van der Waals surface area contributed by atoms with E-state index in [0.717, 1.165) is 19.3 Å². The van der Waals surface area contributed by atoms with Crippen LogP contribution in [0.5, 0.6) is 0 Å². The van der Waals surface area contributed by atoms with E-state index in [9.17, 15) is 9.59 Å². The molecule has 1 amide bonds. The van der Waals surface area contributed by atoms with Crippen LogP contribution in [0.3, 0.4) is 0 Å². The maximum atomic E-state index is 11.5. The van der Waals surface area contributed by atoms with Crippen LogP contribution in [0.25, 0.3) is 0 Å². The van der Waals surface area contributed by atoms with Crippen LogP contribution in [0.1, 0.15) is 33.1 Å². The smallest absolute Gasteiger partial charge is 0.319 e. The van der Waals surface area contributed by atoms with Crippen molar-refractivity contribution in [2.75, 3.05) is 0 Å². The molecule has 84 valence electrons. The van der Waals surface area contributed by atoms with Gasteiger partial charge in [-0.05, 0) is 24.7 Å². The lowest BCUT2D eigenvalue weighted by atomic mass is 9.63. The van der Waals surface area contributed by atoms with Crippen LogP contribution in [0.15, 0.2) is 0 Å². The number of hydrogen-bond acceptors (Lipinski definition) is 3. The van der Waals surface area contributed by atoms with Gasteiger partial charge in [-0.1, -0.05) is 13.8 Å². The molecular formula is C11H17NO3. The Bertz CT molecular complexity index is 311. The molecular weight excluding hydrogens is 194 g/mol. The zero-order chi connectivity index (χ0) is 11.2. The monoisotopic (exact) mass is 211 g/mol. The highest BCUT2D eigenvalue weighted by molar-refractivity contribution is 5.98. The van der Waals surface area contributed by atoms with E-state index >= 15 is 0 Å². The van der Waals surface area contributed by atoms with Crippen molar-refractivity contribution in [1.29, 1.82) is 0 Å². The molecule has 0 aromatic rings. The normalized spacial score (nSPS) is 38.3. The molecule has 3 atom stereocenters. The van der Waals surface area contributed by atoms with Gasteiger partial charge in [-0.3, -0.25) is 9.59 Å². The van der Waals surface area contributed by atoms with Gasteiger partial charge in [-0.15, -0.1) is 0 Å². The lowest BCUT2D eigenvalue weighted by Crippen LogP contribution is -2.43. The molecule has 2 fully saturated rings. The summed E-state index contributed by atoms with van der Waals surface area (Å²) >= 11 is 0. The van der Waals surface area contributed by atoms with Crippen LogP contribution < -0.4 is 5.73 Å². The van der Waals surface area contributed by atoms with Crippen LogP contribution in [-0.2, 0) is 14.3 Å². The maximum Gasteiger partial charge on any atom is 0.319 e. The van der Waals surface area contributed by atoms with E-state index in [1.807, 2.05) is 0 Å². The standard InChI is InChI=1S/C11H17NO3/c1-11(2)5-3-4-6-8(11)7(9(12)13)10(14)15-6/h6-8H,3-5H2,1-2H3,(H2,12,13). The summed E-state index contributed by atoms with van der Waals surface area (Å²) in [6, 6.07) is 0. The van der Waals surface area contributed by atoms with Gasteiger partial charge in [0.1, 0.15) is 12.0 Å². The molecule has 0 aromatic heterocycles. The first-order valence-electron chi connectivity index (χ1n) is 5.43. The predicted octanol–water partition coefficient (Wildman–Crippen LogP) is 0.840. The first kappa shape index (κ1) is 10.5. The Kier molecular flexibility index (Phi) is 2.24. The molecule has 4 nitrogen and oxygen atoms in total. The third-order valence-corrected chi connectivity index (χ3v) is 3.80. The number of fused-ring (bicyclic) bond motifs is 1. The van der Waals surface area contributed by atoms with Crippen molar-refractivity contribution < 1.29 is 14.3 Å². The van der Waals surface area contributed by atoms with Crippen LogP contribution in [0, 0.1) is 17.3 Å². The third-order valence-electron chi connectivity index (χ3n) is 3.80. The summed E-state index contributed by atoms with van der Waals surface area (Å²) in [6.07, 6.45) is 2.84. The molecule has 4 heteroatoms. The minimum atomic E-state index is -0.731. The Hall–Kier alpha value is -1.06. The molecule has 0 spiro atoms. The van der Waals surface area contributed by atoms with E-state index in [1.165, 1.54) is 0 Å². The average molecular weight is 211 g/mol. The minimum Gasteiger partial charge on any atom is -0.461 e. The Morgan fingerprint density at radius 1 is 1.53 bits per heavy atom. The number of hydrogen-bond donors (Lipinski definition) is 1. The lowest BCUT2D eigenvalue weighted by Gasteiger charge is -2.39. The molecule has 15 heavy (non-hydrogen) atoms. The first-order valence-corrected chi connectivity index (χ1v) is 5.43. The van der Waals surface area contributed by atoms with Gasteiger partial charge in [0.15, 0.2) is 0 Å². The van der Waals surface area contributed by atoms with Gasteiger partial charge in [0.05, 0.1) is 0 Å². The quantitative estimate of drug-likeness (QED) is 0.516. The minimum absolute atomic E-state index is 0.0313. The Morgan fingerprint density at radius 2 is 2.20 bits per heavy atom. The molecule has 1 heterocycles. The van der Waals surface area contributed by atoms with Gasteiger partial charge in [0, 0.05) is 5.92 Å². The summed E-state index contributed by atoms with van der Waals surface area (Å²) in [5, 5.41) is 0. The predicted molar refractivity (Wildman–Crippen MR) is 53.7 cm³/mol. The highest BCUT2D eigenvalue weighted by Gasteiger charge is 2.55. The number of nitrogens with two attached hydrogens (primary N) is 1. The van der Waals surface area contributed by atoms with Crippen LogP contribution >= 0.6 is 0 Å². The molecule has 0 aromatic carbocycles. The second-order valence-electron chi connectivity index (χ2n) is 5.26. The van der Waals surface area contributed by atoms with E-state index in [2.05, 4.69) is 13.8 Å². The Balaban J connectivity index is 2.33. The molecule has 0 radical (unpaired) electrons. The van der Waals surface area contributed by atoms with Gasteiger partial charge in [0.2, 0.25) is 5.91 Å². The van der Waals surface area contributed by atoms with Crippen molar-refractivity contribution in [1.82, 2.24) is 0 Å². The van der Waals surface area contributed by atoms with Crippen molar-refractivity contribution in [3.8, 4) is 0 Å². The fraction of sp³-hybridized carbons (Fsp3) is 0.818. The van der Waals surface area contributed by atoms with Gasteiger partial charge in [0.25, 0.3) is 0 Å². The van der Waals surface area contributed by atoms with E-state index in [0.29, 0.717) is 0 Å². The van der Waals surface area contributed by atoms with Gasteiger partial charge < -0.3 is 10.5 Å². The summed E-state index contributed by atoms with van der Waals surface area (Å²) in [5.74, 6) is -1.73. The largest absolute Gasteiger partial charge is 0.461 e. The summed E-state index contributed by atoms with van der Waals surface area (Å²) in [4.78, 5) is 22.8. The van der Waals surface area contributed by atoms with Crippen molar-refractivity contribution in [3.63, 3.8) is 0 Å². The molecule has 1 saturated heterocycles. The fourth-order valence-electron chi connectivity index (χ4n) is 3.07. The Morgan fingerprint density at radius 3 is 2.80 bits per heavy atom. The second kappa shape index (κ2) is 3.22. The molecule has 3 unspecified atom stereocenters. The van der Waals surface area contributed by atoms with Crippen molar-refractivity contribution in [3.05, 3.63) is 0 Å². The van der Waals surface area contributed by atoms with Gasteiger partial charge >= 0.3 is 5.97 Å². The first-order chi connectivity index (χ1) is 6.93. The highest BCUT2D eigenvalue weighted by Crippen LogP contribution is 2.49. The number of carbonyl (C=O) groups excluding carboxylic acids is 2. The summed E-state index contributed by atoms with van der Waals surface area (Å²) in [7, 11) is 0. The second-order valence-corrected chi connectivity index (χ2v) is 5.26. The van der Waals surface area contributed by atoms with E-state index < -0.39 is 17.8 Å². The van der Waals surface area contributed by atoms with E-state index in [4.69, 9.17) is 10.5 Å². The number of rotatable bonds is 1.